The summed E-state index contributed by atoms with van der Waals surface area (Å²) in [5.74, 6) is -0.850. The number of methoxy groups -OCH3 is 1. The predicted molar refractivity (Wildman–Crippen MR) is 65.4 cm³/mol. The molecule has 0 aliphatic rings. The molecule has 0 spiro atoms. The van der Waals surface area contributed by atoms with Gasteiger partial charge in [-0.3, -0.25) is 10.1 Å². The van der Waals surface area contributed by atoms with Crippen molar-refractivity contribution in [3.05, 3.63) is 39.8 Å². The van der Waals surface area contributed by atoms with Gasteiger partial charge in [-0.05, 0) is 0 Å². The molecule has 1 aromatic rings. The van der Waals surface area contributed by atoms with Gasteiger partial charge in [-0.2, -0.15) is 0 Å². The number of nitrogens with zero attached hydrogens (tertiary/aromatic N) is 1. The van der Waals surface area contributed by atoms with Crippen molar-refractivity contribution in [3.63, 3.8) is 0 Å². The SMILES string of the molecule is CN/C=C(\C=N)c1cc([N+](=O)[O-])c(OC)cc1F. The van der Waals surface area contributed by atoms with Gasteiger partial charge in [-0.15, -0.1) is 0 Å². The maximum Gasteiger partial charge on any atom is 0.311 e. The van der Waals surface area contributed by atoms with Crippen LogP contribution in [-0.2, 0) is 0 Å². The van der Waals surface area contributed by atoms with Crippen LogP contribution in [0, 0.1) is 21.3 Å². The van der Waals surface area contributed by atoms with Crippen molar-refractivity contribution in [2.75, 3.05) is 14.2 Å². The molecule has 0 saturated carbocycles. The summed E-state index contributed by atoms with van der Waals surface area (Å²) in [6.45, 7) is 0. The third-order valence-electron chi connectivity index (χ3n) is 2.23. The highest BCUT2D eigenvalue weighted by molar-refractivity contribution is 6.08. The van der Waals surface area contributed by atoms with Gasteiger partial charge in [0.2, 0.25) is 0 Å². The molecule has 1 rings (SSSR count). The van der Waals surface area contributed by atoms with Gasteiger partial charge < -0.3 is 15.5 Å². The molecule has 0 heterocycles. The van der Waals surface area contributed by atoms with E-state index in [0.717, 1.165) is 18.3 Å². The van der Waals surface area contributed by atoms with E-state index in [-0.39, 0.29) is 22.6 Å². The van der Waals surface area contributed by atoms with Crippen molar-refractivity contribution in [3.8, 4) is 5.75 Å². The van der Waals surface area contributed by atoms with Crippen LogP contribution in [-0.4, -0.2) is 25.3 Å². The van der Waals surface area contributed by atoms with Gasteiger partial charge in [-0.1, -0.05) is 0 Å². The summed E-state index contributed by atoms with van der Waals surface area (Å²) in [4.78, 5) is 10.2. The van der Waals surface area contributed by atoms with E-state index in [2.05, 4.69) is 5.32 Å². The Morgan fingerprint density at radius 3 is 2.72 bits per heavy atom. The lowest BCUT2D eigenvalue weighted by atomic mass is 10.1. The van der Waals surface area contributed by atoms with Crippen LogP contribution in [0.4, 0.5) is 10.1 Å². The average Bonchev–Trinajstić information content (AvgIpc) is 2.35. The number of benzene rings is 1. The number of ether oxygens (including phenoxy) is 1. The van der Waals surface area contributed by atoms with Crippen LogP contribution in [0.15, 0.2) is 18.3 Å². The van der Waals surface area contributed by atoms with E-state index >= 15 is 0 Å². The Balaban J connectivity index is 3.46. The second-order valence-electron chi connectivity index (χ2n) is 3.29. The molecule has 0 aromatic heterocycles. The molecule has 18 heavy (non-hydrogen) atoms. The zero-order valence-corrected chi connectivity index (χ0v) is 9.86. The normalized spacial score (nSPS) is 10.9. The van der Waals surface area contributed by atoms with Crippen LogP contribution in [0.5, 0.6) is 5.75 Å². The number of allylic oxidation sites excluding steroid dienone is 1. The second-order valence-corrected chi connectivity index (χ2v) is 3.29. The van der Waals surface area contributed by atoms with Crippen molar-refractivity contribution in [1.29, 1.82) is 5.41 Å². The smallest absolute Gasteiger partial charge is 0.311 e. The third kappa shape index (κ3) is 2.62. The van der Waals surface area contributed by atoms with Crippen LogP contribution in [0.25, 0.3) is 5.57 Å². The van der Waals surface area contributed by atoms with Gasteiger partial charge in [0, 0.05) is 42.7 Å². The Hall–Kier alpha value is -2.44. The highest BCUT2D eigenvalue weighted by Gasteiger charge is 2.20. The summed E-state index contributed by atoms with van der Waals surface area (Å²) in [6.07, 6.45) is 2.28. The van der Waals surface area contributed by atoms with Gasteiger partial charge in [0.15, 0.2) is 5.75 Å². The molecule has 0 radical (unpaired) electrons. The molecule has 1 aromatic carbocycles. The van der Waals surface area contributed by atoms with Crippen molar-refractivity contribution in [1.82, 2.24) is 5.32 Å². The van der Waals surface area contributed by atoms with Crippen molar-refractivity contribution < 1.29 is 14.1 Å². The first-order valence-electron chi connectivity index (χ1n) is 4.95. The lowest BCUT2D eigenvalue weighted by Gasteiger charge is -2.07. The maximum atomic E-state index is 13.8. The van der Waals surface area contributed by atoms with E-state index in [0.29, 0.717) is 0 Å². The van der Waals surface area contributed by atoms with Crippen LogP contribution >= 0.6 is 0 Å². The van der Waals surface area contributed by atoms with Gasteiger partial charge in [0.25, 0.3) is 0 Å². The maximum absolute atomic E-state index is 13.8. The lowest BCUT2D eigenvalue weighted by Crippen LogP contribution is -2.02. The molecule has 2 N–H and O–H groups in total. The van der Waals surface area contributed by atoms with Crippen LogP contribution < -0.4 is 10.1 Å². The standard InChI is InChI=1S/C11H12FN3O3/c1-14-6-7(5-13)8-3-10(15(16)17)11(18-2)4-9(8)12/h3-6,13-14H,1-2H3/b7-6+,13-5?. The van der Waals surface area contributed by atoms with E-state index in [1.807, 2.05) is 0 Å². The Morgan fingerprint density at radius 1 is 1.61 bits per heavy atom. The number of rotatable bonds is 5. The number of halogens is 1. The molecule has 0 fully saturated rings. The highest BCUT2D eigenvalue weighted by atomic mass is 19.1. The largest absolute Gasteiger partial charge is 0.490 e. The molecule has 0 unspecified atom stereocenters. The summed E-state index contributed by atoms with van der Waals surface area (Å²) in [7, 11) is 2.81. The molecule has 96 valence electrons. The van der Waals surface area contributed by atoms with E-state index < -0.39 is 10.7 Å². The minimum Gasteiger partial charge on any atom is -0.490 e. The fourth-order valence-corrected chi connectivity index (χ4v) is 1.42. The van der Waals surface area contributed by atoms with Gasteiger partial charge in [0.1, 0.15) is 5.82 Å². The Kier molecular flexibility index (Phi) is 4.36. The van der Waals surface area contributed by atoms with Gasteiger partial charge >= 0.3 is 5.69 Å². The minimum absolute atomic E-state index is 0.0353. The van der Waals surface area contributed by atoms with Crippen LogP contribution in [0.3, 0.4) is 0 Å². The predicted octanol–water partition coefficient (Wildman–Crippen LogP) is 1.95. The molecule has 0 aliphatic carbocycles. The van der Waals surface area contributed by atoms with Crippen LogP contribution in [0.2, 0.25) is 0 Å². The number of nitro groups is 1. The number of hydrogen-bond acceptors (Lipinski definition) is 5. The van der Waals surface area contributed by atoms with E-state index in [1.54, 1.807) is 7.05 Å². The van der Waals surface area contributed by atoms with Crippen molar-refractivity contribution in [2.45, 2.75) is 0 Å². The molecule has 6 nitrogen and oxygen atoms in total. The molecule has 0 aliphatic heterocycles. The molecule has 7 heteroatoms. The number of hydrogen-bond donors (Lipinski definition) is 2. The third-order valence-corrected chi connectivity index (χ3v) is 2.23. The number of nitrogens with one attached hydrogen (secondary N) is 2. The van der Waals surface area contributed by atoms with Gasteiger partial charge in [-0.25, -0.2) is 4.39 Å². The Morgan fingerprint density at radius 2 is 2.28 bits per heavy atom. The zero-order valence-electron chi connectivity index (χ0n) is 9.86. The van der Waals surface area contributed by atoms with Crippen molar-refractivity contribution in [2.24, 2.45) is 0 Å². The molecular formula is C11H12FN3O3. The van der Waals surface area contributed by atoms with E-state index in [4.69, 9.17) is 10.1 Å². The lowest BCUT2D eigenvalue weighted by molar-refractivity contribution is -0.385. The Bertz CT molecular complexity index is 515. The van der Waals surface area contributed by atoms with Crippen LogP contribution in [0.1, 0.15) is 5.56 Å². The van der Waals surface area contributed by atoms with E-state index in [1.165, 1.54) is 13.3 Å². The summed E-state index contributed by atoms with van der Waals surface area (Å²) in [5.41, 5.74) is -0.189. The first-order chi connectivity index (χ1) is 8.54. The summed E-state index contributed by atoms with van der Waals surface area (Å²) < 4.78 is 18.5. The average molecular weight is 253 g/mol. The number of nitro benzene ring substituents is 1. The first-order valence-corrected chi connectivity index (χ1v) is 4.95. The quantitative estimate of drug-likeness (QED) is 0.477. The molecule has 0 bridgehead atoms. The first kappa shape index (κ1) is 13.6. The molecular weight excluding hydrogens is 241 g/mol. The second kappa shape index (κ2) is 5.76. The monoisotopic (exact) mass is 253 g/mol. The van der Waals surface area contributed by atoms with E-state index in [9.17, 15) is 14.5 Å². The molecule has 0 atom stereocenters. The van der Waals surface area contributed by atoms with Crippen molar-refractivity contribution >= 4 is 17.5 Å². The minimum atomic E-state index is -0.692. The summed E-state index contributed by atoms with van der Waals surface area (Å²) in [5, 5.41) is 20.6. The Labute approximate surface area is 103 Å². The molecule has 0 saturated heterocycles. The summed E-state index contributed by atoms with van der Waals surface area (Å²) in [6, 6.07) is 1.98. The summed E-state index contributed by atoms with van der Waals surface area (Å²) >= 11 is 0. The fourth-order valence-electron chi connectivity index (χ4n) is 1.42. The molecule has 0 amide bonds. The highest BCUT2D eigenvalue weighted by Crippen LogP contribution is 2.32. The topological polar surface area (TPSA) is 88.2 Å². The van der Waals surface area contributed by atoms with Gasteiger partial charge in [0.05, 0.1) is 12.0 Å². The zero-order chi connectivity index (χ0) is 13.7. The fraction of sp³-hybridized carbons (Fsp3) is 0.182.